The Hall–Kier alpha value is -2.04. The number of rotatable bonds is 5. The van der Waals surface area contributed by atoms with Gasteiger partial charge in [0.05, 0.1) is 18.7 Å². The lowest BCUT2D eigenvalue weighted by molar-refractivity contribution is -0.121. The predicted octanol–water partition coefficient (Wildman–Crippen LogP) is 4.51. The minimum absolute atomic E-state index is 0.0278. The van der Waals surface area contributed by atoms with Gasteiger partial charge in [-0.15, -0.1) is 0 Å². The van der Waals surface area contributed by atoms with E-state index in [1.165, 1.54) is 11.1 Å². The molecule has 1 fully saturated rings. The molecule has 2 aromatic carbocycles. The third-order valence-electron chi connectivity index (χ3n) is 4.95. The van der Waals surface area contributed by atoms with Crippen LogP contribution in [0.5, 0.6) is 5.75 Å². The second-order valence-corrected chi connectivity index (χ2v) is 7.27. The molecule has 26 heavy (non-hydrogen) atoms. The van der Waals surface area contributed by atoms with Crippen molar-refractivity contribution in [3.05, 3.63) is 58.6 Å². The Morgan fingerprint density at radius 1 is 1.31 bits per heavy atom. The average Bonchev–Trinajstić information content (AvgIpc) is 2.64. The van der Waals surface area contributed by atoms with Gasteiger partial charge in [-0.3, -0.25) is 9.69 Å². The topological polar surface area (TPSA) is 41.6 Å². The maximum absolute atomic E-state index is 12.8. The van der Waals surface area contributed by atoms with Crippen molar-refractivity contribution in [1.82, 2.24) is 4.90 Å². The second kappa shape index (κ2) is 8.56. The lowest BCUT2D eigenvalue weighted by atomic mass is 9.96. The van der Waals surface area contributed by atoms with Crippen LogP contribution in [-0.2, 0) is 11.3 Å². The van der Waals surface area contributed by atoms with Gasteiger partial charge < -0.3 is 10.1 Å². The highest BCUT2D eigenvalue weighted by Gasteiger charge is 2.26. The number of likely N-dealkylation sites (tertiary alicyclic amines) is 1. The van der Waals surface area contributed by atoms with Gasteiger partial charge in [-0.1, -0.05) is 35.9 Å². The Morgan fingerprint density at radius 2 is 2.12 bits per heavy atom. The molecule has 1 aliphatic heterocycles. The number of aryl methyl sites for hydroxylation is 1. The van der Waals surface area contributed by atoms with Gasteiger partial charge in [0.15, 0.2) is 0 Å². The molecule has 2 aromatic rings. The summed E-state index contributed by atoms with van der Waals surface area (Å²) >= 11 is 6.06. The second-order valence-electron chi connectivity index (χ2n) is 6.83. The fourth-order valence-corrected chi connectivity index (χ4v) is 3.63. The summed E-state index contributed by atoms with van der Waals surface area (Å²) in [5, 5.41) is 3.57. The predicted molar refractivity (Wildman–Crippen MR) is 106 cm³/mol. The third-order valence-corrected chi connectivity index (χ3v) is 5.19. The molecule has 1 saturated heterocycles. The van der Waals surface area contributed by atoms with E-state index in [4.69, 9.17) is 16.3 Å². The first-order valence-corrected chi connectivity index (χ1v) is 9.36. The molecule has 138 valence electrons. The van der Waals surface area contributed by atoms with E-state index in [0.29, 0.717) is 16.5 Å². The zero-order valence-electron chi connectivity index (χ0n) is 15.3. The Morgan fingerprint density at radius 3 is 2.88 bits per heavy atom. The first-order chi connectivity index (χ1) is 12.6. The number of hydrogen-bond donors (Lipinski definition) is 1. The summed E-state index contributed by atoms with van der Waals surface area (Å²) in [6.07, 6.45) is 1.93. The third kappa shape index (κ3) is 4.57. The lowest BCUT2D eigenvalue weighted by Crippen LogP contribution is -2.40. The van der Waals surface area contributed by atoms with Gasteiger partial charge >= 0.3 is 0 Å². The van der Waals surface area contributed by atoms with Crippen molar-refractivity contribution in [1.29, 1.82) is 0 Å². The molecule has 0 aromatic heterocycles. The zero-order chi connectivity index (χ0) is 18.5. The van der Waals surface area contributed by atoms with E-state index in [0.717, 1.165) is 32.5 Å². The normalized spacial score (nSPS) is 17.7. The maximum atomic E-state index is 12.8. The molecule has 0 aliphatic carbocycles. The average molecular weight is 373 g/mol. The van der Waals surface area contributed by atoms with Crippen molar-refractivity contribution in [2.45, 2.75) is 26.3 Å². The highest BCUT2D eigenvalue weighted by atomic mass is 35.5. The Bertz CT molecular complexity index is 778. The number of halogens is 1. The van der Waals surface area contributed by atoms with Crippen molar-refractivity contribution in [2.24, 2.45) is 5.92 Å². The molecule has 1 atom stereocenters. The summed E-state index contributed by atoms with van der Waals surface area (Å²) in [4.78, 5) is 15.1. The van der Waals surface area contributed by atoms with E-state index in [1.807, 2.05) is 0 Å². The molecule has 0 bridgehead atoms. The van der Waals surface area contributed by atoms with Crippen LogP contribution in [-0.4, -0.2) is 31.0 Å². The lowest BCUT2D eigenvalue weighted by Gasteiger charge is -2.32. The van der Waals surface area contributed by atoms with Crippen LogP contribution in [0.3, 0.4) is 0 Å². The van der Waals surface area contributed by atoms with E-state index < -0.39 is 0 Å². The van der Waals surface area contributed by atoms with Gasteiger partial charge in [-0.25, -0.2) is 0 Å². The number of nitrogens with zero attached hydrogens (tertiary/aromatic N) is 1. The van der Waals surface area contributed by atoms with Crippen LogP contribution in [0.25, 0.3) is 0 Å². The van der Waals surface area contributed by atoms with E-state index in [1.54, 1.807) is 25.3 Å². The minimum atomic E-state index is -0.0311. The number of anilines is 1. The molecule has 1 N–H and O–H groups in total. The molecule has 1 unspecified atom stereocenters. The molecular formula is C21H25ClN2O2. The Labute approximate surface area is 160 Å². The minimum Gasteiger partial charge on any atom is -0.495 e. The van der Waals surface area contributed by atoms with E-state index >= 15 is 0 Å². The molecule has 0 saturated carbocycles. The summed E-state index contributed by atoms with van der Waals surface area (Å²) in [5.41, 5.74) is 3.24. The van der Waals surface area contributed by atoms with Gasteiger partial charge in [-0.05, 0) is 55.6 Å². The fourth-order valence-electron chi connectivity index (χ4n) is 3.45. The van der Waals surface area contributed by atoms with Crippen LogP contribution >= 0.6 is 11.6 Å². The molecule has 1 aliphatic rings. The monoisotopic (exact) mass is 372 g/mol. The van der Waals surface area contributed by atoms with Crippen LogP contribution in [0, 0.1) is 12.8 Å². The number of nitrogens with one attached hydrogen (secondary N) is 1. The Balaban J connectivity index is 1.65. The largest absolute Gasteiger partial charge is 0.495 e. The summed E-state index contributed by atoms with van der Waals surface area (Å²) in [6.45, 7) is 4.81. The molecule has 3 rings (SSSR count). The van der Waals surface area contributed by atoms with Crippen LogP contribution in [0.15, 0.2) is 42.5 Å². The molecule has 5 heteroatoms. The number of carbonyl (C=O) groups excluding carboxylic acids is 1. The SMILES string of the molecule is COc1ccc(Cl)cc1NC(=O)C1CCCN(Cc2ccccc2C)C1. The summed E-state index contributed by atoms with van der Waals surface area (Å²) < 4.78 is 5.32. The number of methoxy groups -OCH3 is 1. The fraction of sp³-hybridized carbons (Fsp3) is 0.381. The van der Waals surface area contributed by atoms with Gasteiger partial charge in [0.25, 0.3) is 0 Å². The van der Waals surface area contributed by atoms with Gasteiger partial charge in [0.2, 0.25) is 5.91 Å². The number of carbonyl (C=O) groups is 1. The van der Waals surface area contributed by atoms with Crippen molar-refractivity contribution < 1.29 is 9.53 Å². The van der Waals surface area contributed by atoms with Gasteiger partial charge in [-0.2, -0.15) is 0 Å². The highest BCUT2D eigenvalue weighted by Crippen LogP contribution is 2.29. The van der Waals surface area contributed by atoms with Gasteiger partial charge in [0.1, 0.15) is 5.75 Å². The Kier molecular flexibility index (Phi) is 6.17. The molecule has 4 nitrogen and oxygen atoms in total. The number of ether oxygens (including phenoxy) is 1. The van der Waals surface area contributed by atoms with E-state index in [-0.39, 0.29) is 11.8 Å². The zero-order valence-corrected chi connectivity index (χ0v) is 16.1. The number of hydrogen-bond acceptors (Lipinski definition) is 3. The first-order valence-electron chi connectivity index (χ1n) is 8.98. The first kappa shape index (κ1) is 18.7. The smallest absolute Gasteiger partial charge is 0.228 e. The van der Waals surface area contributed by atoms with E-state index in [2.05, 4.69) is 41.4 Å². The highest BCUT2D eigenvalue weighted by molar-refractivity contribution is 6.31. The van der Waals surface area contributed by atoms with Gasteiger partial charge in [0, 0.05) is 18.1 Å². The van der Waals surface area contributed by atoms with Crippen LogP contribution < -0.4 is 10.1 Å². The van der Waals surface area contributed by atoms with Crippen LogP contribution in [0.2, 0.25) is 5.02 Å². The summed E-state index contributed by atoms with van der Waals surface area (Å²) in [5.74, 6) is 0.617. The van der Waals surface area contributed by atoms with E-state index in [9.17, 15) is 4.79 Å². The van der Waals surface area contributed by atoms with Crippen molar-refractivity contribution in [3.8, 4) is 5.75 Å². The summed E-state index contributed by atoms with van der Waals surface area (Å²) in [6, 6.07) is 13.7. The van der Waals surface area contributed by atoms with Crippen molar-refractivity contribution in [2.75, 3.05) is 25.5 Å². The van der Waals surface area contributed by atoms with Crippen molar-refractivity contribution >= 4 is 23.2 Å². The number of piperidine rings is 1. The maximum Gasteiger partial charge on any atom is 0.228 e. The number of benzene rings is 2. The quantitative estimate of drug-likeness (QED) is 0.839. The molecule has 0 radical (unpaired) electrons. The molecule has 0 spiro atoms. The van der Waals surface area contributed by atoms with Crippen LogP contribution in [0.4, 0.5) is 5.69 Å². The number of amides is 1. The van der Waals surface area contributed by atoms with Crippen molar-refractivity contribution in [3.63, 3.8) is 0 Å². The standard InChI is InChI=1S/C21H25ClN2O2/c1-15-6-3-4-7-16(15)13-24-11-5-8-17(14-24)21(25)23-19-12-18(22)9-10-20(19)26-2/h3-4,6-7,9-10,12,17H,5,8,11,13-14H2,1-2H3,(H,23,25). The molecule has 1 heterocycles. The summed E-state index contributed by atoms with van der Waals surface area (Å²) in [7, 11) is 1.59. The molecule has 1 amide bonds. The molecular weight excluding hydrogens is 348 g/mol. The van der Waals surface area contributed by atoms with Crippen LogP contribution in [0.1, 0.15) is 24.0 Å².